The minimum Gasteiger partial charge on any atom is -0.486 e. The number of nitrogens with zero attached hydrogens (tertiary/aromatic N) is 1. The third-order valence-electron chi connectivity index (χ3n) is 3.93. The molecule has 130 valence electrons. The first-order valence-electron chi connectivity index (χ1n) is 8.13. The van der Waals surface area contributed by atoms with Crippen molar-refractivity contribution in [1.29, 1.82) is 0 Å². The van der Waals surface area contributed by atoms with Gasteiger partial charge in [0.2, 0.25) is 6.41 Å². The molecule has 0 saturated heterocycles. The second-order valence-corrected chi connectivity index (χ2v) is 6.01. The first kappa shape index (κ1) is 16.8. The molecule has 25 heavy (non-hydrogen) atoms. The van der Waals surface area contributed by atoms with Gasteiger partial charge in [-0.25, -0.2) is 9.69 Å². The molecule has 0 radical (unpaired) electrons. The van der Waals surface area contributed by atoms with E-state index in [-0.39, 0.29) is 0 Å². The topological polar surface area (TPSA) is 67.9 Å². The molecule has 0 unspecified atom stereocenters. The van der Waals surface area contributed by atoms with Gasteiger partial charge in [0.1, 0.15) is 13.2 Å². The fraction of sp³-hybridized carbons (Fsp3) is 0.263. The Labute approximate surface area is 146 Å². The van der Waals surface area contributed by atoms with Crippen LogP contribution in [0.5, 0.6) is 11.5 Å². The Morgan fingerprint density at radius 1 is 1.12 bits per heavy atom. The predicted molar refractivity (Wildman–Crippen MR) is 95.5 cm³/mol. The maximum atomic E-state index is 12.5. The van der Waals surface area contributed by atoms with E-state index in [1.54, 1.807) is 24.3 Å². The molecule has 1 N–H and O–H groups in total. The predicted octanol–water partition coefficient (Wildman–Crippen LogP) is 3.78. The summed E-state index contributed by atoms with van der Waals surface area (Å²) in [7, 11) is 0. The quantitative estimate of drug-likeness (QED) is 0.860. The Morgan fingerprint density at radius 3 is 2.60 bits per heavy atom. The van der Waals surface area contributed by atoms with Gasteiger partial charge in [0.15, 0.2) is 11.5 Å². The highest BCUT2D eigenvalue weighted by Gasteiger charge is 2.18. The first-order valence-corrected chi connectivity index (χ1v) is 8.13. The van der Waals surface area contributed by atoms with Gasteiger partial charge in [0.05, 0.1) is 5.69 Å². The van der Waals surface area contributed by atoms with E-state index in [1.807, 2.05) is 18.2 Å². The molecule has 6 nitrogen and oxygen atoms in total. The zero-order valence-electron chi connectivity index (χ0n) is 14.2. The van der Waals surface area contributed by atoms with Crippen LogP contribution in [0.1, 0.15) is 25.3 Å². The van der Waals surface area contributed by atoms with Crippen molar-refractivity contribution >= 4 is 23.8 Å². The Kier molecular flexibility index (Phi) is 4.88. The first-order chi connectivity index (χ1) is 12.1. The zero-order valence-corrected chi connectivity index (χ0v) is 14.2. The molecule has 0 fully saturated rings. The van der Waals surface area contributed by atoms with E-state index in [1.165, 1.54) is 0 Å². The lowest BCUT2D eigenvalue weighted by Gasteiger charge is -2.20. The summed E-state index contributed by atoms with van der Waals surface area (Å²) in [6.07, 6.45) is 0.507. The number of fused-ring (bicyclic) bond motifs is 1. The molecule has 0 bridgehead atoms. The lowest BCUT2D eigenvalue weighted by Crippen LogP contribution is -2.33. The van der Waals surface area contributed by atoms with Crippen molar-refractivity contribution in [3.05, 3.63) is 48.0 Å². The minimum absolute atomic E-state index is 0.300. The van der Waals surface area contributed by atoms with Crippen molar-refractivity contribution < 1.29 is 19.1 Å². The van der Waals surface area contributed by atoms with Crippen LogP contribution in [0, 0.1) is 0 Å². The highest BCUT2D eigenvalue weighted by molar-refractivity contribution is 6.12. The van der Waals surface area contributed by atoms with Crippen LogP contribution in [0.3, 0.4) is 0 Å². The second-order valence-electron chi connectivity index (χ2n) is 6.01. The van der Waals surface area contributed by atoms with Gasteiger partial charge in [-0.1, -0.05) is 26.0 Å². The SMILES string of the molecule is CC(C)c1cccc(N(C=O)C(=O)Nc2ccc3c(c2)OCCO3)c1. The van der Waals surface area contributed by atoms with Crippen molar-refractivity contribution in [3.63, 3.8) is 0 Å². The number of anilines is 2. The maximum Gasteiger partial charge on any atom is 0.332 e. The van der Waals surface area contributed by atoms with E-state index in [0.29, 0.717) is 48.4 Å². The Bertz CT molecular complexity index is 789. The van der Waals surface area contributed by atoms with Crippen LogP contribution in [0.4, 0.5) is 16.2 Å². The van der Waals surface area contributed by atoms with Crippen molar-refractivity contribution in [1.82, 2.24) is 0 Å². The lowest BCUT2D eigenvalue weighted by atomic mass is 10.0. The molecule has 0 aliphatic carbocycles. The number of carbonyl (C=O) groups excluding carboxylic acids is 2. The summed E-state index contributed by atoms with van der Waals surface area (Å²) in [4.78, 5) is 25.0. The van der Waals surface area contributed by atoms with Crippen LogP contribution >= 0.6 is 0 Å². The number of amides is 3. The molecule has 0 saturated carbocycles. The summed E-state index contributed by atoms with van der Waals surface area (Å²) < 4.78 is 11.0. The van der Waals surface area contributed by atoms with Gasteiger partial charge in [-0.15, -0.1) is 0 Å². The number of carbonyl (C=O) groups is 2. The van der Waals surface area contributed by atoms with E-state index >= 15 is 0 Å². The van der Waals surface area contributed by atoms with Crippen molar-refractivity contribution in [2.24, 2.45) is 0 Å². The number of benzene rings is 2. The summed E-state index contributed by atoms with van der Waals surface area (Å²) in [5.74, 6) is 1.51. The van der Waals surface area contributed by atoms with Gasteiger partial charge in [0.25, 0.3) is 0 Å². The zero-order chi connectivity index (χ0) is 17.8. The van der Waals surface area contributed by atoms with Gasteiger partial charge < -0.3 is 14.8 Å². The fourth-order valence-corrected chi connectivity index (χ4v) is 2.56. The third kappa shape index (κ3) is 3.74. The van der Waals surface area contributed by atoms with Crippen LogP contribution < -0.4 is 19.7 Å². The average Bonchev–Trinajstić information content (AvgIpc) is 2.62. The van der Waals surface area contributed by atoms with E-state index in [2.05, 4.69) is 19.2 Å². The summed E-state index contributed by atoms with van der Waals surface area (Å²) in [5, 5.41) is 2.71. The smallest absolute Gasteiger partial charge is 0.332 e. The van der Waals surface area contributed by atoms with Crippen LogP contribution in [0.15, 0.2) is 42.5 Å². The molecule has 1 heterocycles. The Morgan fingerprint density at radius 2 is 1.88 bits per heavy atom. The fourth-order valence-electron chi connectivity index (χ4n) is 2.56. The van der Waals surface area contributed by atoms with Crippen molar-refractivity contribution in [2.45, 2.75) is 19.8 Å². The molecule has 3 amide bonds. The monoisotopic (exact) mass is 340 g/mol. The summed E-state index contributed by atoms with van der Waals surface area (Å²) in [6, 6.07) is 11.9. The molecule has 0 spiro atoms. The average molecular weight is 340 g/mol. The van der Waals surface area contributed by atoms with Crippen LogP contribution in [-0.2, 0) is 4.79 Å². The van der Waals surface area contributed by atoms with Crippen LogP contribution in [0.2, 0.25) is 0 Å². The molecule has 2 aromatic carbocycles. The van der Waals surface area contributed by atoms with Crippen LogP contribution in [0.25, 0.3) is 0 Å². The Hall–Kier alpha value is -3.02. The standard InChI is InChI=1S/C19H20N2O4/c1-13(2)14-4-3-5-16(10-14)21(12-22)19(23)20-15-6-7-17-18(11-15)25-9-8-24-17/h3-7,10-13H,8-9H2,1-2H3,(H,20,23). The third-order valence-corrected chi connectivity index (χ3v) is 3.93. The van der Waals surface area contributed by atoms with E-state index < -0.39 is 6.03 Å². The molecule has 6 heteroatoms. The molecule has 3 rings (SSSR count). The van der Waals surface area contributed by atoms with E-state index in [4.69, 9.17) is 9.47 Å². The molecule has 2 aromatic rings. The number of urea groups is 1. The number of nitrogens with one attached hydrogen (secondary N) is 1. The minimum atomic E-state index is -0.535. The van der Waals surface area contributed by atoms with E-state index in [0.717, 1.165) is 10.5 Å². The molecular weight excluding hydrogens is 320 g/mol. The summed E-state index contributed by atoms with van der Waals surface area (Å²) >= 11 is 0. The van der Waals surface area contributed by atoms with Crippen molar-refractivity contribution in [2.75, 3.05) is 23.4 Å². The van der Waals surface area contributed by atoms with Crippen LogP contribution in [-0.4, -0.2) is 25.7 Å². The number of hydrogen-bond acceptors (Lipinski definition) is 4. The summed E-state index contributed by atoms with van der Waals surface area (Å²) in [6.45, 7) is 5.08. The summed E-state index contributed by atoms with van der Waals surface area (Å²) in [5.41, 5.74) is 2.11. The van der Waals surface area contributed by atoms with Crippen molar-refractivity contribution in [3.8, 4) is 11.5 Å². The molecule has 1 aliphatic rings. The maximum absolute atomic E-state index is 12.5. The molecule has 1 aliphatic heterocycles. The van der Waals surface area contributed by atoms with Gasteiger partial charge in [-0.2, -0.15) is 0 Å². The molecular formula is C19H20N2O4. The highest BCUT2D eigenvalue weighted by Crippen LogP contribution is 2.32. The second kappa shape index (κ2) is 7.25. The molecule has 0 atom stereocenters. The number of imide groups is 1. The normalized spacial score (nSPS) is 12.6. The number of rotatable bonds is 4. The number of ether oxygens (including phenoxy) is 2. The lowest BCUT2D eigenvalue weighted by molar-refractivity contribution is -0.106. The number of hydrogen-bond donors (Lipinski definition) is 1. The highest BCUT2D eigenvalue weighted by atomic mass is 16.6. The van der Waals surface area contributed by atoms with Gasteiger partial charge >= 0.3 is 6.03 Å². The van der Waals surface area contributed by atoms with Gasteiger partial charge in [-0.05, 0) is 35.7 Å². The Balaban J connectivity index is 1.79. The largest absolute Gasteiger partial charge is 0.486 e. The van der Waals surface area contributed by atoms with Gasteiger partial charge in [0, 0.05) is 11.8 Å². The van der Waals surface area contributed by atoms with E-state index in [9.17, 15) is 9.59 Å². The van der Waals surface area contributed by atoms with Gasteiger partial charge in [-0.3, -0.25) is 4.79 Å². The molecule has 0 aromatic heterocycles.